The maximum atomic E-state index is 14.1. The summed E-state index contributed by atoms with van der Waals surface area (Å²) in [5.74, 6) is 2.24. The molecule has 3 N–H and O–H groups in total. The number of benzene rings is 1. The Bertz CT molecular complexity index is 563. The zero-order valence-electron chi connectivity index (χ0n) is 12.1. The van der Waals surface area contributed by atoms with Crippen molar-refractivity contribution in [1.82, 2.24) is 0 Å². The molecular formula is C17H21FN2S. The summed E-state index contributed by atoms with van der Waals surface area (Å²) in [5.41, 5.74) is 7.03. The molecule has 0 spiro atoms. The lowest BCUT2D eigenvalue weighted by atomic mass is 9.53. The third kappa shape index (κ3) is 2.24. The second-order valence-corrected chi connectivity index (χ2v) is 7.79. The predicted octanol–water partition coefficient (Wildman–Crippen LogP) is 3.84. The highest BCUT2D eigenvalue weighted by Gasteiger charge is 2.51. The molecule has 0 radical (unpaired) electrons. The molecule has 4 saturated carbocycles. The summed E-state index contributed by atoms with van der Waals surface area (Å²) >= 11 is 5.04. The fraction of sp³-hybridized carbons (Fsp3) is 0.588. The van der Waals surface area contributed by atoms with Crippen LogP contribution in [0.2, 0.25) is 0 Å². The Morgan fingerprint density at radius 1 is 1.14 bits per heavy atom. The molecule has 112 valence electrons. The molecule has 5 rings (SSSR count). The minimum atomic E-state index is -0.322. The van der Waals surface area contributed by atoms with Gasteiger partial charge in [-0.05, 0) is 68.4 Å². The molecule has 0 amide bonds. The third-order valence-corrected chi connectivity index (χ3v) is 5.90. The van der Waals surface area contributed by atoms with Crippen LogP contribution < -0.4 is 11.1 Å². The van der Waals surface area contributed by atoms with E-state index < -0.39 is 0 Å². The van der Waals surface area contributed by atoms with Crippen LogP contribution in [0.15, 0.2) is 18.2 Å². The first-order chi connectivity index (χ1) is 10.0. The minimum absolute atomic E-state index is 0.139. The highest BCUT2D eigenvalue weighted by molar-refractivity contribution is 7.80. The van der Waals surface area contributed by atoms with Crippen LogP contribution in [0.1, 0.15) is 44.1 Å². The van der Waals surface area contributed by atoms with Gasteiger partial charge in [-0.15, -0.1) is 0 Å². The van der Waals surface area contributed by atoms with Crippen molar-refractivity contribution >= 4 is 22.9 Å². The Morgan fingerprint density at radius 2 is 1.71 bits per heavy atom. The fourth-order valence-electron chi connectivity index (χ4n) is 5.43. The van der Waals surface area contributed by atoms with Crippen molar-refractivity contribution in [2.75, 3.05) is 5.32 Å². The monoisotopic (exact) mass is 304 g/mol. The zero-order valence-corrected chi connectivity index (χ0v) is 12.9. The van der Waals surface area contributed by atoms with E-state index in [1.165, 1.54) is 44.6 Å². The van der Waals surface area contributed by atoms with Crippen LogP contribution in [0.5, 0.6) is 0 Å². The fourth-order valence-corrected chi connectivity index (χ4v) is 5.64. The van der Waals surface area contributed by atoms with Gasteiger partial charge >= 0.3 is 0 Å². The molecule has 1 aromatic rings. The minimum Gasteiger partial charge on any atom is -0.389 e. The largest absolute Gasteiger partial charge is 0.389 e. The molecule has 0 saturated heterocycles. The second-order valence-electron chi connectivity index (χ2n) is 7.35. The average Bonchev–Trinajstić information content (AvgIpc) is 2.35. The molecule has 4 bridgehead atoms. The molecule has 0 unspecified atom stereocenters. The SMILES string of the molecule is NC(=S)c1c(F)cccc1NC12CC3CC(CC(C3)C1)C2. The molecule has 4 fully saturated rings. The van der Waals surface area contributed by atoms with Gasteiger partial charge < -0.3 is 11.1 Å². The van der Waals surface area contributed by atoms with Crippen LogP contribution >= 0.6 is 12.2 Å². The van der Waals surface area contributed by atoms with E-state index in [-0.39, 0.29) is 16.3 Å². The molecule has 4 aliphatic carbocycles. The maximum absolute atomic E-state index is 14.1. The summed E-state index contributed by atoms with van der Waals surface area (Å²) in [5, 5.41) is 3.67. The number of nitrogens with one attached hydrogen (secondary N) is 1. The van der Waals surface area contributed by atoms with Crippen molar-refractivity contribution in [2.24, 2.45) is 23.5 Å². The quantitative estimate of drug-likeness (QED) is 0.833. The molecule has 4 aliphatic rings. The molecule has 0 aromatic heterocycles. The number of halogens is 1. The van der Waals surface area contributed by atoms with E-state index in [2.05, 4.69) is 5.32 Å². The normalized spacial score (nSPS) is 36.7. The standard InChI is InChI=1S/C17H21FN2S/c18-13-2-1-3-14(15(13)16(19)21)20-17-7-10-4-11(8-17)6-12(5-10)9-17/h1-3,10-12,20H,4-9H2,(H2,19,21). The van der Waals surface area contributed by atoms with Gasteiger partial charge in [-0.25, -0.2) is 4.39 Å². The first-order valence-electron chi connectivity index (χ1n) is 7.91. The van der Waals surface area contributed by atoms with Crippen LogP contribution in [0.25, 0.3) is 0 Å². The molecular weight excluding hydrogens is 283 g/mol. The summed E-state index contributed by atoms with van der Waals surface area (Å²) in [7, 11) is 0. The number of hydrogen-bond acceptors (Lipinski definition) is 2. The smallest absolute Gasteiger partial charge is 0.135 e. The Balaban J connectivity index is 1.67. The number of nitrogens with two attached hydrogens (primary N) is 1. The lowest BCUT2D eigenvalue weighted by Crippen LogP contribution is -2.55. The van der Waals surface area contributed by atoms with E-state index >= 15 is 0 Å². The van der Waals surface area contributed by atoms with Crippen molar-refractivity contribution in [1.29, 1.82) is 0 Å². The summed E-state index contributed by atoms with van der Waals surface area (Å²) in [6.45, 7) is 0. The number of anilines is 1. The maximum Gasteiger partial charge on any atom is 0.135 e. The first kappa shape index (κ1) is 13.5. The highest BCUT2D eigenvalue weighted by Crippen LogP contribution is 2.56. The topological polar surface area (TPSA) is 38.0 Å². The summed E-state index contributed by atoms with van der Waals surface area (Å²) in [4.78, 5) is 0.139. The molecule has 21 heavy (non-hydrogen) atoms. The summed E-state index contributed by atoms with van der Waals surface area (Å²) in [6.07, 6.45) is 7.83. The van der Waals surface area contributed by atoms with Gasteiger partial charge in [0, 0.05) is 11.2 Å². The molecule has 0 atom stereocenters. The van der Waals surface area contributed by atoms with Gasteiger partial charge in [0.25, 0.3) is 0 Å². The van der Waals surface area contributed by atoms with Crippen LogP contribution in [-0.4, -0.2) is 10.5 Å². The molecule has 0 aliphatic heterocycles. The predicted molar refractivity (Wildman–Crippen MR) is 86.8 cm³/mol. The van der Waals surface area contributed by atoms with Crippen molar-refractivity contribution in [3.63, 3.8) is 0 Å². The van der Waals surface area contributed by atoms with Gasteiger partial charge in [0.1, 0.15) is 10.8 Å². The van der Waals surface area contributed by atoms with Crippen LogP contribution in [-0.2, 0) is 0 Å². The second kappa shape index (κ2) is 4.67. The summed E-state index contributed by atoms with van der Waals surface area (Å²) < 4.78 is 14.1. The van der Waals surface area contributed by atoms with E-state index in [0.29, 0.717) is 5.56 Å². The van der Waals surface area contributed by atoms with Gasteiger partial charge in [-0.2, -0.15) is 0 Å². The zero-order chi connectivity index (χ0) is 14.6. The average molecular weight is 304 g/mol. The van der Waals surface area contributed by atoms with Crippen LogP contribution in [0.3, 0.4) is 0 Å². The van der Waals surface area contributed by atoms with Gasteiger partial charge in [-0.1, -0.05) is 18.3 Å². The Morgan fingerprint density at radius 3 is 2.24 bits per heavy atom. The van der Waals surface area contributed by atoms with E-state index in [1.807, 2.05) is 6.07 Å². The Labute approximate surface area is 130 Å². The third-order valence-electron chi connectivity index (χ3n) is 5.70. The van der Waals surface area contributed by atoms with E-state index in [0.717, 1.165) is 23.4 Å². The Kier molecular flexibility index (Phi) is 3.00. The van der Waals surface area contributed by atoms with Crippen LogP contribution in [0.4, 0.5) is 10.1 Å². The highest BCUT2D eigenvalue weighted by atomic mass is 32.1. The van der Waals surface area contributed by atoms with Crippen molar-refractivity contribution in [3.05, 3.63) is 29.6 Å². The van der Waals surface area contributed by atoms with Crippen molar-refractivity contribution in [3.8, 4) is 0 Å². The van der Waals surface area contributed by atoms with Gasteiger partial charge in [-0.3, -0.25) is 0 Å². The molecule has 4 heteroatoms. The van der Waals surface area contributed by atoms with Crippen molar-refractivity contribution < 1.29 is 4.39 Å². The van der Waals surface area contributed by atoms with Gasteiger partial charge in [0.15, 0.2) is 0 Å². The van der Waals surface area contributed by atoms with Gasteiger partial charge in [0.05, 0.1) is 5.56 Å². The Hall–Kier alpha value is -1.16. The lowest BCUT2D eigenvalue weighted by Gasteiger charge is -2.57. The van der Waals surface area contributed by atoms with E-state index in [1.54, 1.807) is 6.07 Å². The lowest BCUT2D eigenvalue weighted by molar-refractivity contribution is 0.0107. The van der Waals surface area contributed by atoms with Crippen LogP contribution in [0, 0.1) is 23.6 Å². The molecule has 1 aromatic carbocycles. The van der Waals surface area contributed by atoms with Gasteiger partial charge in [0.2, 0.25) is 0 Å². The first-order valence-corrected chi connectivity index (χ1v) is 8.32. The van der Waals surface area contributed by atoms with E-state index in [9.17, 15) is 4.39 Å². The van der Waals surface area contributed by atoms with Crippen molar-refractivity contribution in [2.45, 2.75) is 44.1 Å². The number of hydrogen-bond donors (Lipinski definition) is 2. The molecule has 0 heterocycles. The van der Waals surface area contributed by atoms with E-state index in [4.69, 9.17) is 18.0 Å². The molecule has 2 nitrogen and oxygen atoms in total. The number of rotatable bonds is 3. The summed E-state index contributed by atoms with van der Waals surface area (Å²) in [6, 6.07) is 5.08. The number of thiocarbonyl (C=S) groups is 1.